The van der Waals surface area contributed by atoms with Crippen molar-refractivity contribution in [2.75, 3.05) is 19.8 Å². The molecular weight excluding hydrogens is 160 g/mol. The second-order valence-corrected chi connectivity index (χ2v) is 3.19. The first-order valence-electron chi connectivity index (χ1n) is 4.15. The van der Waals surface area contributed by atoms with E-state index in [0.29, 0.717) is 26.1 Å². The first-order valence-corrected chi connectivity index (χ1v) is 4.15. The van der Waals surface area contributed by atoms with Crippen LogP contribution in [0.15, 0.2) is 0 Å². The highest BCUT2D eigenvalue weighted by Crippen LogP contribution is 2.21. The lowest BCUT2D eigenvalue weighted by atomic mass is 9.91. The summed E-state index contributed by atoms with van der Waals surface area (Å²) < 4.78 is 5.12. The Morgan fingerprint density at radius 1 is 1.50 bits per heavy atom. The number of hydrogen-bond acceptors (Lipinski definition) is 3. The van der Waals surface area contributed by atoms with Crippen LogP contribution < -0.4 is 0 Å². The summed E-state index contributed by atoms with van der Waals surface area (Å²) in [6, 6.07) is 0. The number of aliphatic hydroxyl groups excluding tert-OH is 1. The maximum Gasteiger partial charge on any atom is 0.308 e. The number of aliphatic carboxylic acids is 1. The van der Waals surface area contributed by atoms with E-state index in [0.717, 1.165) is 0 Å². The van der Waals surface area contributed by atoms with Gasteiger partial charge in [-0.15, -0.1) is 0 Å². The molecule has 1 aliphatic rings. The summed E-state index contributed by atoms with van der Waals surface area (Å²) in [4.78, 5) is 10.6. The zero-order chi connectivity index (χ0) is 8.97. The molecule has 70 valence electrons. The average Bonchev–Trinajstić information content (AvgIpc) is 2.05. The van der Waals surface area contributed by atoms with Crippen LogP contribution in [-0.2, 0) is 9.53 Å². The predicted octanol–water partition coefficient (Wildman–Crippen LogP) is 0.106. The minimum absolute atomic E-state index is 0.111. The van der Waals surface area contributed by atoms with E-state index in [4.69, 9.17) is 14.9 Å². The lowest BCUT2D eigenvalue weighted by Crippen LogP contribution is -2.31. The van der Waals surface area contributed by atoms with Crippen LogP contribution in [0.4, 0.5) is 0 Å². The minimum atomic E-state index is -0.794. The molecule has 0 aromatic carbocycles. The fraction of sp³-hybridized carbons (Fsp3) is 0.875. The van der Waals surface area contributed by atoms with Crippen molar-refractivity contribution in [3.05, 3.63) is 0 Å². The van der Waals surface area contributed by atoms with Gasteiger partial charge in [-0.1, -0.05) is 0 Å². The Morgan fingerprint density at radius 3 is 2.83 bits per heavy atom. The molecule has 2 N–H and O–H groups in total. The van der Waals surface area contributed by atoms with Crippen LogP contribution in [0.1, 0.15) is 12.8 Å². The maximum atomic E-state index is 10.6. The number of carbonyl (C=O) groups is 1. The first-order chi connectivity index (χ1) is 5.74. The molecule has 4 nitrogen and oxygen atoms in total. The van der Waals surface area contributed by atoms with Gasteiger partial charge in [0.05, 0.1) is 12.5 Å². The summed E-state index contributed by atoms with van der Waals surface area (Å²) in [6.45, 7) is 1.02. The van der Waals surface area contributed by atoms with Crippen molar-refractivity contribution in [3.63, 3.8) is 0 Å². The molecule has 2 atom stereocenters. The molecule has 0 radical (unpaired) electrons. The fourth-order valence-electron chi connectivity index (χ4n) is 1.47. The van der Waals surface area contributed by atoms with Gasteiger partial charge in [0.2, 0.25) is 0 Å². The monoisotopic (exact) mass is 174 g/mol. The van der Waals surface area contributed by atoms with Crippen molar-refractivity contribution in [3.8, 4) is 0 Å². The highest BCUT2D eigenvalue weighted by Gasteiger charge is 2.26. The number of ether oxygens (including phenoxy) is 1. The fourth-order valence-corrected chi connectivity index (χ4v) is 1.47. The van der Waals surface area contributed by atoms with Crippen LogP contribution in [0.5, 0.6) is 0 Å². The Hall–Kier alpha value is -0.610. The first kappa shape index (κ1) is 9.48. The third kappa shape index (κ3) is 2.46. The lowest BCUT2D eigenvalue weighted by Gasteiger charge is -2.26. The highest BCUT2D eigenvalue weighted by atomic mass is 16.5. The summed E-state index contributed by atoms with van der Waals surface area (Å²) in [5.41, 5.74) is 0. The third-order valence-electron chi connectivity index (χ3n) is 2.18. The van der Waals surface area contributed by atoms with Gasteiger partial charge >= 0.3 is 5.97 Å². The van der Waals surface area contributed by atoms with Gasteiger partial charge in [0, 0.05) is 13.2 Å². The van der Waals surface area contributed by atoms with E-state index in [1.165, 1.54) is 0 Å². The normalized spacial score (nSPS) is 30.1. The van der Waals surface area contributed by atoms with Crippen LogP contribution >= 0.6 is 0 Å². The minimum Gasteiger partial charge on any atom is -0.481 e. The van der Waals surface area contributed by atoms with Gasteiger partial charge in [0.25, 0.3) is 0 Å². The molecule has 0 aliphatic carbocycles. The Kier molecular flexibility index (Phi) is 3.49. The Bertz CT molecular complexity index is 155. The van der Waals surface area contributed by atoms with Gasteiger partial charge in [-0.05, 0) is 18.8 Å². The number of rotatable bonds is 3. The molecule has 0 aromatic heterocycles. The molecule has 0 unspecified atom stereocenters. The molecule has 0 aromatic rings. The molecule has 1 fully saturated rings. The Labute approximate surface area is 71.2 Å². The smallest absolute Gasteiger partial charge is 0.308 e. The SMILES string of the molecule is O=C(O)[C@H]1COC[C@@H](CCO)C1. The highest BCUT2D eigenvalue weighted by molar-refractivity contribution is 5.70. The van der Waals surface area contributed by atoms with Crippen molar-refractivity contribution >= 4 is 5.97 Å². The van der Waals surface area contributed by atoms with Crippen molar-refractivity contribution in [2.24, 2.45) is 11.8 Å². The van der Waals surface area contributed by atoms with E-state index in [1.54, 1.807) is 0 Å². The van der Waals surface area contributed by atoms with Gasteiger partial charge in [0.15, 0.2) is 0 Å². The van der Waals surface area contributed by atoms with E-state index >= 15 is 0 Å². The van der Waals surface area contributed by atoms with E-state index in [2.05, 4.69) is 0 Å². The largest absolute Gasteiger partial charge is 0.481 e. The van der Waals surface area contributed by atoms with Gasteiger partial charge in [-0.25, -0.2) is 0 Å². The summed E-state index contributed by atoms with van der Waals surface area (Å²) >= 11 is 0. The van der Waals surface area contributed by atoms with Gasteiger partial charge in [-0.3, -0.25) is 4.79 Å². The lowest BCUT2D eigenvalue weighted by molar-refractivity contribution is -0.147. The molecule has 0 bridgehead atoms. The molecule has 0 saturated carbocycles. The maximum absolute atomic E-state index is 10.6. The van der Waals surface area contributed by atoms with Crippen LogP contribution in [-0.4, -0.2) is 36.0 Å². The molecule has 1 heterocycles. The summed E-state index contributed by atoms with van der Waals surface area (Å²) in [5.74, 6) is -0.960. The topological polar surface area (TPSA) is 66.8 Å². The second-order valence-electron chi connectivity index (χ2n) is 3.19. The van der Waals surface area contributed by atoms with Crippen LogP contribution in [0.2, 0.25) is 0 Å². The number of carboxylic acids is 1. The van der Waals surface area contributed by atoms with Crippen LogP contribution in [0.25, 0.3) is 0 Å². The molecule has 0 spiro atoms. The van der Waals surface area contributed by atoms with Crippen LogP contribution in [0.3, 0.4) is 0 Å². The Balaban J connectivity index is 2.35. The summed E-state index contributed by atoms with van der Waals surface area (Å²) in [7, 11) is 0. The van der Waals surface area contributed by atoms with Gasteiger partial charge in [0.1, 0.15) is 0 Å². The molecule has 1 aliphatic heterocycles. The Morgan fingerprint density at radius 2 is 2.25 bits per heavy atom. The summed E-state index contributed by atoms with van der Waals surface area (Å²) in [5, 5.41) is 17.3. The zero-order valence-corrected chi connectivity index (χ0v) is 6.90. The zero-order valence-electron chi connectivity index (χ0n) is 6.90. The number of aliphatic hydroxyl groups is 1. The molecule has 0 amide bonds. The third-order valence-corrected chi connectivity index (χ3v) is 2.18. The van der Waals surface area contributed by atoms with Gasteiger partial charge in [-0.2, -0.15) is 0 Å². The molecular formula is C8H14O4. The average molecular weight is 174 g/mol. The van der Waals surface area contributed by atoms with Crippen molar-refractivity contribution in [1.82, 2.24) is 0 Å². The van der Waals surface area contributed by atoms with E-state index < -0.39 is 5.97 Å². The molecule has 1 rings (SSSR count). The van der Waals surface area contributed by atoms with Crippen molar-refractivity contribution < 1.29 is 19.7 Å². The quantitative estimate of drug-likeness (QED) is 0.637. The standard InChI is InChI=1S/C8H14O4/c9-2-1-6-3-7(8(10)11)5-12-4-6/h6-7,9H,1-5H2,(H,10,11)/t6-,7+/m0/s1. The molecule has 1 saturated heterocycles. The number of carboxylic acid groups (broad SMARTS) is 1. The van der Waals surface area contributed by atoms with E-state index in [1.807, 2.05) is 0 Å². The van der Waals surface area contributed by atoms with Crippen LogP contribution in [0, 0.1) is 11.8 Å². The predicted molar refractivity (Wildman–Crippen MR) is 41.8 cm³/mol. The van der Waals surface area contributed by atoms with Gasteiger partial charge < -0.3 is 14.9 Å². The van der Waals surface area contributed by atoms with E-state index in [-0.39, 0.29) is 18.4 Å². The molecule has 4 heteroatoms. The molecule has 12 heavy (non-hydrogen) atoms. The van der Waals surface area contributed by atoms with Crippen molar-refractivity contribution in [2.45, 2.75) is 12.8 Å². The van der Waals surface area contributed by atoms with Crippen molar-refractivity contribution in [1.29, 1.82) is 0 Å². The number of hydrogen-bond donors (Lipinski definition) is 2. The summed E-state index contributed by atoms with van der Waals surface area (Å²) in [6.07, 6.45) is 1.28. The van der Waals surface area contributed by atoms with E-state index in [9.17, 15) is 4.79 Å². The second kappa shape index (κ2) is 4.42.